The van der Waals surface area contributed by atoms with Gasteiger partial charge in [0, 0.05) is 11.0 Å². The Morgan fingerprint density at radius 2 is 2.14 bits per heavy atom. The van der Waals surface area contributed by atoms with Crippen LogP contribution in [0.25, 0.3) is 0 Å². The average molecular weight is 289 g/mol. The van der Waals surface area contributed by atoms with Crippen LogP contribution in [0.1, 0.15) is 51.0 Å². The molecule has 1 heterocycles. The Morgan fingerprint density at radius 3 is 2.81 bits per heavy atom. The molecule has 1 aliphatic heterocycles. The van der Waals surface area contributed by atoms with E-state index < -0.39 is 12.4 Å². The molecule has 0 bridgehead atoms. The van der Waals surface area contributed by atoms with Gasteiger partial charge in [-0.15, -0.1) is 0 Å². The van der Waals surface area contributed by atoms with Gasteiger partial charge in [-0.3, -0.25) is 0 Å². The first-order valence-electron chi connectivity index (χ1n) is 7.44. The van der Waals surface area contributed by atoms with Crippen molar-refractivity contribution in [2.45, 2.75) is 52.1 Å². The number of hydrogen-bond donors (Lipinski definition) is 1. The van der Waals surface area contributed by atoms with E-state index in [2.05, 4.69) is 6.07 Å². The van der Waals surface area contributed by atoms with Gasteiger partial charge in [0.1, 0.15) is 0 Å². The van der Waals surface area contributed by atoms with Crippen molar-refractivity contribution >= 4 is 0 Å². The number of rotatable bonds is 4. The number of benzene rings is 1. The molecule has 1 N–H and O–H groups in total. The maximum atomic E-state index is 10.2. The minimum absolute atomic E-state index is 0.0991. The molecule has 1 aromatic carbocycles. The lowest BCUT2D eigenvalue weighted by Crippen LogP contribution is -2.45. The third-order valence-corrected chi connectivity index (χ3v) is 4.35. The minimum atomic E-state index is -0.539. The molecule has 1 fully saturated rings. The van der Waals surface area contributed by atoms with Crippen LogP contribution in [-0.4, -0.2) is 23.9 Å². The maximum Gasteiger partial charge on any atom is 0.185 e. The summed E-state index contributed by atoms with van der Waals surface area (Å²) in [5.74, 6) is 0. The number of aliphatic hydroxyl groups is 1. The normalized spacial score (nSPS) is 24.3. The Kier molecular flexibility index (Phi) is 5.00. The van der Waals surface area contributed by atoms with Crippen molar-refractivity contribution in [3.63, 3.8) is 0 Å². The van der Waals surface area contributed by atoms with Gasteiger partial charge in [-0.1, -0.05) is 39.0 Å². The summed E-state index contributed by atoms with van der Waals surface area (Å²) < 4.78 is 11.8. The van der Waals surface area contributed by atoms with Crippen LogP contribution in [0.4, 0.5) is 0 Å². The summed E-state index contributed by atoms with van der Waals surface area (Å²) in [5, 5.41) is 19.4. The zero-order chi connectivity index (χ0) is 15.5. The summed E-state index contributed by atoms with van der Waals surface area (Å²) in [4.78, 5) is 0. The van der Waals surface area contributed by atoms with Gasteiger partial charge in [-0.2, -0.15) is 5.26 Å². The molecule has 0 saturated carbocycles. The first-order valence-corrected chi connectivity index (χ1v) is 7.44. The lowest BCUT2D eigenvalue weighted by Gasteiger charge is -2.42. The van der Waals surface area contributed by atoms with Gasteiger partial charge in [-0.25, -0.2) is 0 Å². The average Bonchev–Trinajstić information content (AvgIpc) is 2.54. The van der Waals surface area contributed by atoms with Gasteiger partial charge in [0.15, 0.2) is 6.29 Å². The van der Waals surface area contributed by atoms with Gasteiger partial charge in [-0.05, 0) is 18.9 Å². The van der Waals surface area contributed by atoms with Gasteiger partial charge in [0.2, 0.25) is 0 Å². The molecular formula is C17H23NO3. The summed E-state index contributed by atoms with van der Waals surface area (Å²) in [7, 11) is 0. The standard InChI is InChI=1S/C17H23NO3/c1-4-14(19)17(2,3)15-9-10-20-16(21-15)13-8-6-5-7-12(13)11-18/h5-8,14-16,19H,4,9-10H2,1-3H3/t14-,15-,16-/m0/s1. The second-order valence-corrected chi connectivity index (χ2v) is 6.06. The van der Waals surface area contributed by atoms with Crippen LogP contribution in [0.15, 0.2) is 24.3 Å². The molecule has 0 unspecified atom stereocenters. The number of aliphatic hydroxyl groups excluding tert-OH is 1. The van der Waals surface area contributed by atoms with Crippen LogP contribution in [0.3, 0.4) is 0 Å². The topological polar surface area (TPSA) is 62.5 Å². The van der Waals surface area contributed by atoms with Crippen molar-refractivity contribution in [2.24, 2.45) is 5.41 Å². The molecule has 0 aliphatic carbocycles. The Hall–Kier alpha value is -1.41. The van der Waals surface area contributed by atoms with Gasteiger partial charge in [0.05, 0.1) is 30.4 Å². The minimum Gasteiger partial charge on any atom is -0.392 e. The molecule has 1 aliphatic rings. The molecule has 0 amide bonds. The zero-order valence-electron chi connectivity index (χ0n) is 12.9. The third-order valence-electron chi connectivity index (χ3n) is 4.35. The first-order chi connectivity index (χ1) is 10.0. The monoisotopic (exact) mass is 289 g/mol. The predicted molar refractivity (Wildman–Crippen MR) is 79.4 cm³/mol. The van der Waals surface area contributed by atoms with Crippen LogP contribution in [0.5, 0.6) is 0 Å². The van der Waals surface area contributed by atoms with Crippen LogP contribution < -0.4 is 0 Å². The summed E-state index contributed by atoms with van der Waals surface area (Å²) in [6.45, 7) is 6.57. The largest absolute Gasteiger partial charge is 0.392 e. The van der Waals surface area contributed by atoms with Crippen LogP contribution >= 0.6 is 0 Å². The number of hydrogen-bond acceptors (Lipinski definition) is 4. The molecule has 0 radical (unpaired) electrons. The second kappa shape index (κ2) is 6.57. The van der Waals surface area contributed by atoms with E-state index in [9.17, 15) is 10.4 Å². The summed E-state index contributed by atoms with van der Waals surface area (Å²) in [6.07, 6.45) is 0.371. The first kappa shape index (κ1) is 16.0. The highest BCUT2D eigenvalue weighted by Gasteiger charge is 2.40. The number of ether oxygens (including phenoxy) is 2. The Morgan fingerprint density at radius 1 is 1.43 bits per heavy atom. The molecule has 0 spiro atoms. The molecule has 1 aromatic rings. The molecule has 21 heavy (non-hydrogen) atoms. The van der Waals surface area contributed by atoms with E-state index in [4.69, 9.17) is 9.47 Å². The summed E-state index contributed by atoms with van der Waals surface area (Å²) in [6, 6.07) is 9.49. The highest BCUT2D eigenvalue weighted by atomic mass is 16.7. The van der Waals surface area contributed by atoms with E-state index in [0.29, 0.717) is 18.6 Å². The smallest absolute Gasteiger partial charge is 0.185 e. The Bertz CT molecular complexity index is 521. The Balaban J connectivity index is 2.20. The van der Waals surface area contributed by atoms with Gasteiger partial charge >= 0.3 is 0 Å². The molecule has 2 rings (SSSR count). The lowest BCUT2D eigenvalue weighted by molar-refractivity contribution is -0.251. The van der Waals surface area contributed by atoms with Gasteiger partial charge in [0.25, 0.3) is 0 Å². The van der Waals surface area contributed by atoms with E-state index in [1.54, 1.807) is 6.07 Å². The molecule has 1 saturated heterocycles. The molecule has 4 heteroatoms. The van der Waals surface area contributed by atoms with E-state index in [1.165, 1.54) is 0 Å². The van der Waals surface area contributed by atoms with E-state index in [1.807, 2.05) is 39.0 Å². The Labute approximate surface area is 126 Å². The fourth-order valence-corrected chi connectivity index (χ4v) is 2.79. The van der Waals surface area contributed by atoms with Crippen molar-refractivity contribution in [2.75, 3.05) is 6.61 Å². The van der Waals surface area contributed by atoms with Crippen molar-refractivity contribution < 1.29 is 14.6 Å². The number of nitriles is 1. The fraction of sp³-hybridized carbons (Fsp3) is 0.588. The third kappa shape index (κ3) is 3.26. The highest BCUT2D eigenvalue weighted by Crippen LogP contribution is 2.38. The zero-order valence-corrected chi connectivity index (χ0v) is 12.9. The van der Waals surface area contributed by atoms with Gasteiger partial charge < -0.3 is 14.6 Å². The molecule has 0 aromatic heterocycles. The van der Waals surface area contributed by atoms with E-state index >= 15 is 0 Å². The SMILES string of the molecule is CC[C@H](O)C(C)(C)[C@@H]1CCO[C@H](c2ccccc2C#N)O1. The van der Waals surface area contributed by atoms with Crippen LogP contribution in [-0.2, 0) is 9.47 Å². The predicted octanol–water partition coefficient (Wildman–Crippen LogP) is 3.16. The van der Waals surface area contributed by atoms with Crippen molar-refractivity contribution in [1.29, 1.82) is 5.26 Å². The quantitative estimate of drug-likeness (QED) is 0.924. The van der Waals surface area contributed by atoms with Crippen LogP contribution in [0, 0.1) is 16.7 Å². The van der Waals surface area contributed by atoms with Crippen molar-refractivity contribution in [3.05, 3.63) is 35.4 Å². The molecule has 4 nitrogen and oxygen atoms in total. The molecule has 3 atom stereocenters. The molecule has 114 valence electrons. The summed E-state index contributed by atoms with van der Waals surface area (Å²) in [5.41, 5.74) is 0.974. The highest BCUT2D eigenvalue weighted by molar-refractivity contribution is 5.38. The lowest BCUT2D eigenvalue weighted by atomic mass is 9.78. The maximum absolute atomic E-state index is 10.2. The van der Waals surface area contributed by atoms with Crippen molar-refractivity contribution in [1.82, 2.24) is 0 Å². The summed E-state index contributed by atoms with van der Waals surface area (Å²) >= 11 is 0. The fourth-order valence-electron chi connectivity index (χ4n) is 2.79. The second-order valence-electron chi connectivity index (χ2n) is 6.06. The van der Waals surface area contributed by atoms with E-state index in [-0.39, 0.29) is 11.5 Å². The van der Waals surface area contributed by atoms with Crippen LogP contribution in [0.2, 0.25) is 0 Å². The van der Waals surface area contributed by atoms with E-state index in [0.717, 1.165) is 12.0 Å². The number of nitrogens with zero attached hydrogens (tertiary/aromatic N) is 1. The van der Waals surface area contributed by atoms with Crippen molar-refractivity contribution in [3.8, 4) is 6.07 Å². The molecular weight excluding hydrogens is 266 g/mol.